The van der Waals surface area contributed by atoms with E-state index in [1.165, 1.54) is 5.56 Å². The molecule has 0 unspecified atom stereocenters. The van der Waals surface area contributed by atoms with E-state index >= 15 is 0 Å². The molecular formula is C19H15N3. The molecule has 0 saturated heterocycles. The summed E-state index contributed by atoms with van der Waals surface area (Å²) in [7, 11) is 0. The van der Waals surface area contributed by atoms with Gasteiger partial charge in [0.2, 0.25) is 0 Å². The molecule has 0 saturated carbocycles. The van der Waals surface area contributed by atoms with Gasteiger partial charge in [-0.05, 0) is 30.7 Å². The molecule has 0 N–H and O–H groups in total. The van der Waals surface area contributed by atoms with E-state index in [9.17, 15) is 0 Å². The molecule has 3 nitrogen and oxygen atoms in total. The standard InChI is InChI=1S/C19H15N3/c1-14-7-5-11-17-18(14)22(16-10-6-12-20-13-16)19(21-17)15-8-3-2-4-9-15/h2-13H,1H3. The molecule has 2 aromatic carbocycles. The first kappa shape index (κ1) is 12.8. The maximum absolute atomic E-state index is 4.86. The van der Waals surface area contributed by atoms with Crippen molar-refractivity contribution in [3.8, 4) is 17.1 Å². The number of nitrogens with zero attached hydrogens (tertiary/aromatic N) is 3. The third-order valence-electron chi connectivity index (χ3n) is 3.81. The minimum absolute atomic E-state index is 0.943. The molecule has 22 heavy (non-hydrogen) atoms. The summed E-state index contributed by atoms with van der Waals surface area (Å²) >= 11 is 0. The van der Waals surface area contributed by atoms with Gasteiger partial charge in [0.1, 0.15) is 5.82 Å². The van der Waals surface area contributed by atoms with Gasteiger partial charge in [-0.2, -0.15) is 0 Å². The lowest BCUT2D eigenvalue weighted by molar-refractivity contribution is 1.07. The Morgan fingerprint density at radius 3 is 2.50 bits per heavy atom. The Morgan fingerprint density at radius 2 is 1.73 bits per heavy atom. The van der Waals surface area contributed by atoms with Crippen molar-refractivity contribution in [3.05, 3.63) is 78.6 Å². The smallest absolute Gasteiger partial charge is 0.145 e. The average molecular weight is 285 g/mol. The Balaban J connectivity index is 2.11. The van der Waals surface area contributed by atoms with Gasteiger partial charge in [0.05, 0.1) is 22.9 Å². The highest BCUT2D eigenvalue weighted by atomic mass is 15.1. The van der Waals surface area contributed by atoms with Crippen LogP contribution in [0.15, 0.2) is 73.1 Å². The van der Waals surface area contributed by atoms with Crippen molar-refractivity contribution in [2.24, 2.45) is 0 Å². The first-order valence-electron chi connectivity index (χ1n) is 7.28. The van der Waals surface area contributed by atoms with E-state index in [-0.39, 0.29) is 0 Å². The summed E-state index contributed by atoms with van der Waals surface area (Å²) in [6.45, 7) is 2.12. The molecule has 0 bridgehead atoms. The van der Waals surface area contributed by atoms with E-state index in [1.807, 2.05) is 36.5 Å². The van der Waals surface area contributed by atoms with Gasteiger partial charge in [-0.3, -0.25) is 9.55 Å². The summed E-state index contributed by atoms with van der Waals surface area (Å²) in [6, 6.07) is 20.5. The third kappa shape index (κ3) is 1.99. The normalized spacial score (nSPS) is 11.0. The van der Waals surface area contributed by atoms with Crippen molar-refractivity contribution < 1.29 is 0 Å². The molecule has 4 rings (SSSR count). The molecule has 0 aliphatic heterocycles. The lowest BCUT2D eigenvalue weighted by Crippen LogP contribution is -1.98. The van der Waals surface area contributed by atoms with Crippen molar-refractivity contribution in [1.29, 1.82) is 0 Å². The highest BCUT2D eigenvalue weighted by Crippen LogP contribution is 2.29. The van der Waals surface area contributed by atoms with Crippen molar-refractivity contribution in [3.63, 3.8) is 0 Å². The molecule has 0 atom stereocenters. The van der Waals surface area contributed by atoms with Crippen molar-refractivity contribution in [2.75, 3.05) is 0 Å². The van der Waals surface area contributed by atoms with Crippen LogP contribution in [0.2, 0.25) is 0 Å². The minimum Gasteiger partial charge on any atom is -0.291 e. The van der Waals surface area contributed by atoms with Gasteiger partial charge in [0, 0.05) is 11.8 Å². The van der Waals surface area contributed by atoms with Crippen LogP contribution in [0.5, 0.6) is 0 Å². The second-order valence-electron chi connectivity index (χ2n) is 5.29. The molecule has 0 radical (unpaired) electrons. The fourth-order valence-corrected chi connectivity index (χ4v) is 2.81. The number of aryl methyl sites for hydroxylation is 1. The van der Waals surface area contributed by atoms with Gasteiger partial charge >= 0.3 is 0 Å². The Bertz CT molecular complexity index is 925. The van der Waals surface area contributed by atoms with E-state index in [4.69, 9.17) is 4.98 Å². The zero-order valence-corrected chi connectivity index (χ0v) is 12.3. The number of fused-ring (bicyclic) bond motifs is 1. The van der Waals surface area contributed by atoms with Gasteiger partial charge in [-0.15, -0.1) is 0 Å². The quantitative estimate of drug-likeness (QED) is 0.546. The Kier molecular flexibility index (Phi) is 2.97. The maximum Gasteiger partial charge on any atom is 0.145 e. The average Bonchev–Trinajstić information content (AvgIpc) is 2.97. The number of benzene rings is 2. The van der Waals surface area contributed by atoms with Crippen LogP contribution in [0.3, 0.4) is 0 Å². The molecule has 0 fully saturated rings. The summed E-state index contributed by atoms with van der Waals surface area (Å²) in [5.74, 6) is 0.943. The fourth-order valence-electron chi connectivity index (χ4n) is 2.81. The van der Waals surface area contributed by atoms with E-state index in [0.29, 0.717) is 0 Å². The number of rotatable bonds is 2. The molecule has 0 amide bonds. The van der Waals surface area contributed by atoms with Crippen molar-refractivity contribution >= 4 is 11.0 Å². The van der Waals surface area contributed by atoms with Gasteiger partial charge < -0.3 is 0 Å². The van der Waals surface area contributed by atoms with Gasteiger partial charge in [-0.25, -0.2) is 4.98 Å². The predicted octanol–water partition coefficient (Wildman–Crippen LogP) is 4.40. The largest absolute Gasteiger partial charge is 0.291 e. The Morgan fingerprint density at radius 1 is 0.864 bits per heavy atom. The number of aromatic nitrogens is 3. The SMILES string of the molecule is Cc1cccc2nc(-c3ccccc3)n(-c3cccnc3)c12. The van der Waals surface area contributed by atoms with Crippen molar-refractivity contribution in [1.82, 2.24) is 14.5 Å². The molecule has 0 aliphatic carbocycles. The summed E-state index contributed by atoms with van der Waals surface area (Å²) in [4.78, 5) is 9.12. The highest BCUT2D eigenvalue weighted by Gasteiger charge is 2.15. The molecule has 3 heteroatoms. The van der Waals surface area contributed by atoms with Gasteiger partial charge in [0.25, 0.3) is 0 Å². The zero-order chi connectivity index (χ0) is 14.9. The van der Waals surface area contributed by atoms with E-state index < -0.39 is 0 Å². The fraction of sp³-hybridized carbons (Fsp3) is 0.0526. The number of para-hydroxylation sites is 1. The second-order valence-corrected chi connectivity index (χ2v) is 5.29. The molecule has 4 aromatic rings. The lowest BCUT2D eigenvalue weighted by atomic mass is 10.2. The molecule has 0 aliphatic rings. The molecule has 2 aromatic heterocycles. The van der Waals surface area contributed by atoms with Crippen LogP contribution in [0.1, 0.15) is 5.56 Å². The van der Waals surface area contributed by atoms with E-state index in [0.717, 1.165) is 28.1 Å². The second kappa shape index (κ2) is 5.11. The first-order valence-corrected chi connectivity index (χ1v) is 7.28. The number of imidazole rings is 1. The number of pyridine rings is 1. The van der Waals surface area contributed by atoms with Crippen LogP contribution in [-0.4, -0.2) is 14.5 Å². The summed E-state index contributed by atoms with van der Waals surface area (Å²) in [5.41, 5.74) is 5.47. The lowest BCUT2D eigenvalue weighted by Gasteiger charge is -2.10. The highest BCUT2D eigenvalue weighted by molar-refractivity contribution is 5.85. The van der Waals surface area contributed by atoms with Gasteiger partial charge in [-0.1, -0.05) is 42.5 Å². The predicted molar refractivity (Wildman–Crippen MR) is 89.0 cm³/mol. The summed E-state index contributed by atoms with van der Waals surface area (Å²) < 4.78 is 2.19. The monoisotopic (exact) mass is 285 g/mol. The maximum atomic E-state index is 4.86. The van der Waals surface area contributed by atoms with Crippen molar-refractivity contribution in [2.45, 2.75) is 6.92 Å². The Hall–Kier alpha value is -2.94. The molecular weight excluding hydrogens is 270 g/mol. The molecule has 0 spiro atoms. The van der Waals surface area contributed by atoms with Crippen LogP contribution < -0.4 is 0 Å². The zero-order valence-electron chi connectivity index (χ0n) is 12.3. The molecule has 2 heterocycles. The third-order valence-corrected chi connectivity index (χ3v) is 3.81. The summed E-state index contributed by atoms with van der Waals surface area (Å²) in [5, 5.41) is 0. The Labute approximate surface area is 128 Å². The van der Waals surface area contributed by atoms with Crippen LogP contribution >= 0.6 is 0 Å². The van der Waals surface area contributed by atoms with Crippen LogP contribution in [-0.2, 0) is 0 Å². The van der Waals surface area contributed by atoms with Crippen LogP contribution in [0.25, 0.3) is 28.1 Å². The summed E-state index contributed by atoms with van der Waals surface area (Å²) in [6.07, 6.45) is 3.66. The topological polar surface area (TPSA) is 30.7 Å². The van der Waals surface area contributed by atoms with Crippen LogP contribution in [0, 0.1) is 6.92 Å². The van der Waals surface area contributed by atoms with E-state index in [2.05, 4.69) is 46.8 Å². The minimum atomic E-state index is 0.943. The number of hydrogen-bond acceptors (Lipinski definition) is 2. The van der Waals surface area contributed by atoms with E-state index in [1.54, 1.807) is 6.20 Å². The van der Waals surface area contributed by atoms with Crippen LogP contribution in [0.4, 0.5) is 0 Å². The molecule has 106 valence electrons. The van der Waals surface area contributed by atoms with Gasteiger partial charge in [0.15, 0.2) is 0 Å². The first-order chi connectivity index (χ1) is 10.8. The number of hydrogen-bond donors (Lipinski definition) is 0.